The highest BCUT2D eigenvalue weighted by atomic mass is 14.2. The average Bonchev–Trinajstić information content (AvgIpc) is 1.69. The molecule has 0 unspecified atom stereocenters. The fourth-order valence-electron chi connectivity index (χ4n) is 0. The molecule has 0 N–H and O–H groups in total. The van der Waals surface area contributed by atoms with Crippen molar-refractivity contribution in [2.24, 2.45) is 0 Å². The van der Waals surface area contributed by atoms with E-state index in [-0.39, 0.29) is 0 Å². The molecule has 1 radical (unpaired) electrons. The van der Waals surface area contributed by atoms with E-state index < -0.39 is 0 Å². The van der Waals surface area contributed by atoms with E-state index in [2.05, 4.69) is 20.8 Å². The Bertz CT molecular complexity index is 59.3. The second-order valence-corrected chi connectivity index (χ2v) is 1.78. The Hall–Kier alpha value is -0.510. The summed E-state index contributed by atoms with van der Waals surface area (Å²) in [5.74, 6) is 1.50. The van der Waals surface area contributed by atoms with E-state index in [4.69, 9.17) is 5.26 Å². The Labute approximate surface area is 52.3 Å². The summed E-state index contributed by atoms with van der Waals surface area (Å²) >= 11 is 0. The lowest BCUT2D eigenvalue weighted by Gasteiger charge is -1.89. The van der Waals surface area contributed by atoms with Gasteiger partial charge in [0.2, 0.25) is 0 Å². The van der Waals surface area contributed by atoms with Gasteiger partial charge in [0.15, 0.2) is 0 Å². The largest absolute Gasteiger partial charge is 0.199 e. The molecule has 0 aliphatic heterocycles. The third-order valence-electron chi connectivity index (χ3n) is 0.707. The molecule has 1 heteroatoms. The Kier molecular flexibility index (Phi) is 12.7. The van der Waals surface area contributed by atoms with Crippen molar-refractivity contribution in [1.82, 2.24) is 0 Å². The third kappa shape index (κ3) is 49.9. The predicted molar refractivity (Wildman–Crippen MR) is 36.2 cm³/mol. The van der Waals surface area contributed by atoms with Crippen LogP contribution in [0.15, 0.2) is 0 Å². The van der Waals surface area contributed by atoms with Gasteiger partial charge in [-0.25, -0.2) is 0 Å². The van der Waals surface area contributed by atoms with Crippen molar-refractivity contribution in [2.45, 2.75) is 34.1 Å². The van der Waals surface area contributed by atoms with Crippen molar-refractivity contribution in [1.29, 1.82) is 5.26 Å². The highest BCUT2D eigenvalue weighted by Crippen LogP contribution is 1.97. The monoisotopic (exact) mass is 112 g/mol. The van der Waals surface area contributed by atoms with Gasteiger partial charge in [0.25, 0.3) is 0 Å². The van der Waals surface area contributed by atoms with Gasteiger partial charge in [0.1, 0.15) is 0 Å². The minimum atomic E-state index is 1.22. The van der Waals surface area contributed by atoms with Crippen LogP contribution < -0.4 is 0 Å². The molecule has 0 fully saturated rings. The van der Waals surface area contributed by atoms with E-state index >= 15 is 0 Å². The van der Waals surface area contributed by atoms with Crippen LogP contribution in [0.5, 0.6) is 0 Å². The molecule has 0 amide bonds. The normalized spacial score (nSPS) is 7.00. The van der Waals surface area contributed by atoms with Gasteiger partial charge >= 0.3 is 0 Å². The van der Waals surface area contributed by atoms with E-state index in [1.165, 1.54) is 19.3 Å². The molecule has 0 aromatic carbocycles. The molecule has 0 aromatic heterocycles. The van der Waals surface area contributed by atoms with Crippen molar-refractivity contribution >= 4 is 0 Å². The van der Waals surface area contributed by atoms with Crippen molar-refractivity contribution in [3.05, 3.63) is 5.92 Å². The van der Waals surface area contributed by atoms with E-state index in [1.807, 2.05) is 0 Å². The Morgan fingerprint density at radius 1 is 1.50 bits per heavy atom. The Morgan fingerprint density at radius 2 is 1.62 bits per heavy atom. The smallest absolute Gasteiger partial charge is 0.0587 e. The maximum atomic E-state index is 7.32. The molecule has 47 valence electrons. The first-order chi connectivity index (χ1) is 3.68. The maximum absolute atomic E-state index is 7.32. The fraction of sp³-hybridized carbons (Fsp3) is 0.714. The van der Waals surface area contributed by atoms with Gasteiger partial charge in [-0.1, -0.05) is 27.2 Å². The van der Waals surface area contributed by atoms with Crippen molar-refractivity contribution in [3.8, 4) is 6.07 Å². The molecule has 0 saturated heterocycles. The zero-order chi connectivity index (χ0) is 6.99. The molecule has 0 atom stereocenters. The molecular weight excluding hydrogens is 98.1 g/mol. The van der Waals surface area contributed by atoms with Crippen molar-refractivity contribution in [3.63, 3.8) is 0 Å². The number of nitriles is 1. The lowest BCUT2D eigenvalue weighted by Crippen LogP contribution is -1.73. The first-order valence-corrected chi connectivity index (χ1v) is 2.78. The molecule has 0 spiro atoms. The fourth-order valence-corrected chi connectivity index (χ4v) is 0. The zero-order valence-electron chi connectivity index (χ0n) is 6.15. The molecule has 0 aromatic rings. The van der Waals surface area contributed by atoms with Gasteiger partial charge in [0, 0.05) is 6.92 Å². The van der Waals surface area contributed by atoms with E-state index in [1.54, 1.807) is 6.07 Å². The van der Waals surface area contributed by atoms with Crippen LogP contribution in [-0.4, -0.2) is 0 Å². The zero-order valence-corrected chi connectivity index (χ0v) is 6.15. The van der Waals surface area contributed by atoms with Crippen LogP contribution >= 0.6 is 0 Å². The lowest BCUT2D eigenvalue weighted by atomic mass is 10.2. The number of hydrogen-bond acceptors (Lipinski definition) is 1. The third-order valence-corrected chi connectivity index (χ3v) is 0.707. The SMILES string of the molecule is CC#N.CC[C](C)C. The van der Waals surface area contributed by atoms with Crippen LogP contribution in [-0.2, 0) is 0 Å². The summed E-state index contributed by atoms with van der Waals surface area (Å²) < 4.78 is 0. The standard InChI is InChI=1S/C5H11.C2H3N/c1-4-5(2)3;1-2-3/h4H2,1-3H3;1H3. The van der Waals surface area contributed by atoms with Gasteiger partial charge in [0.05, 0.1) is 6.07 Å². The molecule has 0 saturated carbocycles. The summed E-state index contributed by atoms with van der Waals surface area (Å²) in [4.78, 5) is 0. The first-order valence-electron chi connectivity index (χ1n) is 2.78. The number of hydrogen-bond donors (Lipinski definition) is 0. The van der Waals surface area contributed by atoms with Gasteiger partial charge < -0.3 is 0 Å². The summed E-state index contributed by atoms with van der Waals surface area (Å²) in [5.41, 5.74) is 0. The Balaban J connectivity index is 0. The van der Waals surface area contributed by atoms with Crippen LogP contribution in [0.1, 0.15) is 34.1 Å². The molecule has 0 aliphatic carbocycles. The highest BCUT2D eigenvalue weighted by Gasteiger charge is 1.80. The predicted octanol–water partition coefficient (Wildman–Crippen LogP) is 2.54. The lowest BCUT2D eigenvalue weighted by molar-refractivity contribution is 0.923. The van der Waals surface area contributed by atoms with E-state index in [9.17, 15) is 0 Å². The van der Waals surface area contributed by atoms with E-state index in [0.29, 0.717) is 0 Å². The van der Waals surface area contributed by atoms with Crippen LogP contribution in [0.2, 0.25) is 0 Å². The van der Waals surface area contributed by atoms with Gasteiger partial charge in [-0.15, -0.1) is 0 Å². The van der Waals surface area contributed by atoms with Gasteiger partial charge in [-0.3, -0.25) is 0 Å². The van der Waals surface area contributed by atoms with Crippen LogP contribution in [0.4, 0.5) is 0 Å². The highest BCUT2D eigenvalue weighted by molar-refractivity contribution is 4.72. The summed E-state index contributed by atoms with van der Waals surface area (Å²) in [6, 6.07) is 1.75. The molecule has 8 heavy (non-hydrogen) atoms. The number of nitrogens with zero attached hydrogens (tertiary/aromatic N) is 1. The Morgan fingerprint density at radius 3 is 1.62 bits per heavy atom. The molecule has 1 nitrogen and oxygen atoms in total. The maximum Gasteiger partial charge on any atom is 0.0587 e. The number of rotatable bonds is 1. The second kappa shape index (κ2) is 9.70. The summed E-state index contributed by atoms with van der Waals surface area (Å²) in [6.45, 7) is 7.87. The molecule has 0 aliphatic rings. The van der Waals surface area contributed by atoms with Crippen LogP contribution in [0, 0.1) is 17.2 Å². The van der Waals surface area contributed by atoms with Crippen LogP contribution in [0.25, 0.3) is 0 Å². The molecule has 0 heterocycles. The molecular formula is C7H14N. The quantitative estimate of drug-likeness (QED) is 0.511. The van der Waals surface area contributed by atoms with Crippen molar-refractivity contribution in [2.75, 3.05) is 0 Å². The topological polar surface area (TPSA) is 23.8 Å². The molecule has 0 bridgehead atoms. The second-order valence-electron chi connectivity index (χ2n) is 1.78. The van der Waals surface area contributed by atoms with E-state index in [0.717, 1.165) is 0 Å². The van der Waals surface area contributed by atoms with Crippen molar-refractivity contribution < 1.29 is 0 Å². The van der Waals surface area contributed by atoms with Crippen LogP contribution in [0.3, 0.4) is 0 Å². The minimum Gasteiger partial charge on any atom is -0.199 e. The molecule has 0 rings (SSSR count). The first kappa shape index (κ1) is 10.5. The van der Waals surface area contributed by atoms with Gasteiger partial charge in [-0.05, 0) is 5.92 Å². The summed E-state index contributed by atoms with van der Waals surface area (Å²) in [7, 11) is 0. The van der Waals surface area contributed by atoms with Gasteiger partial charge in [-0.2, -0.15) is 5.26 Å². The minimum absolute atomic E-state index is 1.22. The average molecular weight is 112 g/mol. The summed E-state index contributed by atoms with van der Waals surface area (Å²) in [6.07, 6.45) is 1.22. The summed E-state index contributed by atoms with van der Waals surface area (Å²) in [5, 5.41) is 7.32.